The molecule has 1 atom stereocenters. The third-order valence-electron chi connectivity index (χ3n) is 3.42. The number of benzene rings is 2. The molecule has 0 saturated carbocycles. The van der Waals surface area contributed by atoms with E-state index in [1.165, 1.54) is 0 Å². The molecule has 27 heavy (non-hydrogen) atoms. The van der Waals surface area contributed by atoms with Crippen LogP contribution < -0.4 is 9.05 Å². The van der Waals surface area contributed by atoms with Crippen LogP contribution in [0.4, 0.5) is 0 Å². The first-order chi connectivity index (χ1) is 12.9. The van der Waals surface area contributed by atoms with E-state index < -0.39 is 19.9 Å². The zero-order chi connectivity index (χ0) is 19.7. The fourth-order valence-corrected chi connectivity index (χ4v) is 3.21. The molecule has 0 radical (unpaired) electrons. The number of esters is 1. The van der Waals surface area contributed by atoms with Gasteiger partial charge in [-0.15, -0.1) is 0 Å². The molecule has 0 spiro atoms. The Morgan fingerprint density at radius 1 is 1.00 bits per heavy atom. The summed E-state index contributed by atoms with van der Waals surface area (Å²) in [6, 6.07) is 17.1. The monoisotopic (exact) mass is 390 g/mol. The number of ether oxygens (including phenoxy) is 1. The van der Waals surface area contributed by atoms with Gasteiger partial charge in [0, 0.05) is 5.57 Å². The molecule has 0 N–H and O–H groups in total. The zero-order valence-electron chi connectivity index (χ0n) is 15.4. The Bertz CT molecular complexity index is 745. The molecule has 0 aliphatic rings. The maximum absolute atomic E-state index is 13.2. The minimum atomic E-state index is -4.01. The molecule has 0 aliphatic heterocycles. The van der Waals surface area contributed by atoms with E-state index in [1.54, 1.807) is 67.6 Å². The Hall–Kier alpha value is -2.56. The van der Waals surface area contributed by atoms with E-state index in [4.69, 9.17) is 18.3 Å². The molecule has 0 aromatic heterocycles. The minimum Gasteiger partial charge on any atom is -0.457 e. The van der Waals surface area contributed by atoms with E-state index in [-0.39, 0.29) is 12.2 Å². The van der Waals surface area contributed by atoms with Crippen LogP contribution in [0.1, 0.15) is 20.3 Å². The van der Waals surface area contributed by atoms with Crippen LogP contribution >= 0.6 is 7.82 Å². The third-order valence-corrected chi connectivity index (χ3v) is 4.75. The second kappa shape index (κ2) is 9.95. The van der Waals surface area contributed by atoms with Crippen molar-refractivity contribution < 1.29 is 27.7 Å². The first-order valence-electron chi connectivity index (χ1n) is 8.52. The number of phosphoric acid groups is 1. The van der Waals surface area contributed by atoms with Crippen LogP contribution in [0.15, 0.2) is 72.8 Å². The van der Waals surface area contributed by atoms with Gasteiger partial charge in [0.25, 0.3) is 0 Å². The molecule has 7 heteroatoms. The van der Waals surface area contributed by atoms with E-state index in [2.05, 4.69) is 6.58 Å². The van der Waals surface area contributed by atoms with Crippen molar-refractivity contribution in [3.05, 3.63) is 72.8 Å². The molecule has 0 heterocycles. The van der Waals surface area contributed by atoms with Crippen molar-refractivity contribution in [2.45, 2.75) is 26.4 Å². The summed E-state index contributed by atoms with van der Waals surface area (Å²) in [7, 11) is -4.01. The minimum absolute atomic E-state index is 0.146. The van der Waals surface area contributed by atoms with Gasteiger partial charge in [-0.2, -0.15) is 0 Å². The van der Waals surface area contributed by atoms with Crippen LogP contribution in [-0.4, -0.2) is 18.7 Å². The molecule has 0 amide bonds. The normalized spacial score (nSPS) is 12.1. The average molecular weight is 390 g/mol. The van der Waals surface area contributed by atoms with Gasteiger partial charge >= 0.3 is 13.8 Å². The number of hydrogen-bond donors (Lipinski definition) is 0. The Morgan fingerprint density at radius 2 is 1.48 bits per heavy atom. The Balaban J connectivity index is 2.12. The summed E-state index contributed by atoms with van der Waals surface area (Å²) >= 11 is 0. The summed E-state index contributed by atoms with van der Waals surface area (Å²) in [5.74, 6) is 0.140. The predicted molar refractivity (Wildman–Crippen MR) is 103 cm³/mol. The Morgan fingerprint density at radius 3 is 1.89 bits per heavy atom. The summed E-state index contributed by atoms with van der Waals surface area (Å²) in [5.41, 5.74) is 0.276. The predicted octanol–water partition coefficient (Wildman–Crippen LogP) is 5.17. The zero-order valence-corrected chi connectivity index (χ0v) is 16.3. The van der Waals surface area contributed by atoms with Crippen LogP contribution in [0.5, 0.6) is 11.5 Å². The van der Waals surface area contributed by atoms with E-state index >= 15 is 0 Å². The molecular weight excluding hydrogens is 367 g/mol. The van der Waals surface area contributed by atoms with E-state index in [0.717, 1.165) is 0 Å². The number of rotatable bonds is 10. The van der Waals surface area contributed by atoms with Crippen LogP contribution in [0, 0.1) is 0 Å². The highest BCUT2D eigenvalue weighted by atomic mass is 31.2. The number of para-hydroxylation sites is 2. The molecule has 144 valence electrons. The summed E-state index contributed by atoms with van der Waals surface area (Å²) < 4.78 is 34.9. The highest BCUT2D eigenvalue weighted by Gasteiger charge is 2.32. The smallest absolute Gasteiger partial charge is 0.457 e. The van der Waals surface area contributed by atoms with Crippen molar-refractivity contribution in [1.82, 2.24) is 0 Å². The van der Waals surface area contributed by atoms with Crippen molar-refractivity contribution in [2.75, 3.05) is 6.61 Å². The lowest BCUT2D eigenvalue weighted by atomic mass is 10.3. The Labute approximate surface area is 159 Å². The van der Waals surface area contributed by atoms with Crippen LogP contribution in [-0.2, 0) is 18.6 Å². The SMILES string of the molecule is C=C(C)C(=O)OC(CC)COP(=O)(Oc1ccccc1)Oc1ccccc1. The second-order valence-electron chi connectivity index (χ2n) is 5.77. The van der Waals surface area contributed by atoms with Crippen molar-refractivity contribution in [1.29, 1.82) is 0 Å². The maximum Gasteiger partial charge on any atom is 0.587 e. The summed E-state index contributed by atoms with van der Waals surface area (Å²) in [4.78, 5) is 11.7. The van der Waals surface area contributed by atoms with E-state index in [9.17, 15) is 9.36 Å². The number of carbonyl (C=O) groups is 1. The average Bonchev–Trinajstić information content (AvgIpc) is 2.66. The second-order valence-corrected chi connectivity index (χ2v) is 7.29. The van der Waals surface area contributed by atoms with Gasteiger partial charge in [-0.05, 0) is 37.6 Å². The Kier molecular flexibility index (Phi) is 7.65. The van der Waals surface area contributed by atoms with Crippen molar-refractivity contribution in [2.24, 2.45) is 0 Å². The lowest BCUT2D eigenvalue weighted by Gasteiger charge is -2.22. The van der Waals surface area contributed by atoms with Gasteiger partial charge in [-0.25, -0.2) is 9.36 Å². The topological polar surface area (TPSA) is 71.1 Å². The van der Waals surface area contributed by atoms with Gasteiger partial charge in [0.15, 0.2) is 0 Å². The standard InChI is InChI=1S/C20H23O6P/c1-4-17(24-20(21)16(2)3)15-23-27(22,25-18-11-7-5-8-12-18)26-19-13-9-6-10-14-19/h5-14,17H,2,4,15H2,1,3H3. The van der Waals surface area contributed by atoms with Crippen LogP contribution in [0.2, 0.25) is 0 Å². The summed E-state index contributed by atoms with van der Waals surface area (Å²) in [6.45, 7) is 6.77. The van der Waals surface area contributed by atoms with E-state index in [0.29, 0.717) is 17.9 Å². The lowest BCUT2D eigenvalue weighted by molar-refractivity contribution is -0.146. The van der Waals surface area contributed by atoms with Crippen molar-refractivity contribution in [3.63, 3.8) is 0 Å². The van der Waals surface area contributed by atoms with Gasteiger partial charge in [0.05, 0.1) is 6.61 Å². The lowest BCUT2D eigenvalue weighted by Crippen LogP contribution is -2.23. The maximum atomic E-state index is 13.2. The van der Waals surface area contributed by atoms with Gasteiger partial charge in [-0.1, -0.05) is 49.9 Å². The quantitative estimate of drug-likeness (QED) is 0.317. The van der Waals surface area contributed by atoms with Crippen LogP contribution in [0.3, 0.4) is 0 Å². The summed E-state index contributed by atoms with van der Waals surface area (Å²) in [6.07, 6.45) is -0.142. The fraction of sp³-hybridized carbons (Fsp3) is 0.250. The molecule has 1 unspecified atom stereocenters. The summed E-state index contributed by atoms with van der Waals surface area (Å²) in [5, 5.41) is 0. The fourth-order valence-electron chi connectivity index (χ4n) is 1.95. The van der Waals surface area contributed by atoms with Gasteiger partial charge in [-0.3, -0.25) is 4.52 Å². The molecule has 0 bridgehead atoms. The van der Waals surface area contributed by atoms with Crippen molar-refractivity contribution in [3.8, 4) is 11.5 Å². The molecule has 0 aliphatic carbocycles. The molecule has 2 aromatic rings. The number of phosphoric ester groups is 1. The van der Waals surface area contributed by atoms with Crippen molar-refractivity contribution >= 4 is 13.8 Å². The number of carbonyl (C=O) groups excluding carboxylic acids is 1. The largest absolute Gasteiger partial charge is 0.587 e. The molecule has 0 saturated heterocycles. The molecular formula is C20H23O6P. The number of hydrogen-bond acceptors (Lipinski definition) is 6. The molecule has 6 nitrogen and oxygen atoms in total. The highest BCUT2D eigenvalue weighted by molar-refractivity contribution is 7.49. The first-order valence-corrected chi connectivity index (χ1v) is 9.98. The van der Waals surface area contributed by atoms with Gasteiger partial charge in [0.1, 0.15) is 17.6 Å². The molecule has 2 aromatic carbocycles. The third kappa shape index (κ3) is 6.93. The van der Waals surface area contributed by atoms with Gasteiger partial charge < -0.3 is 13.8 Å². The van der Waals surface area contributed by atoms with Gasteiger partial charge in [0.2, 0.25) is 0 Å². The van der Waals surface area contributed by atoms with Crippen LogP contribution in [0.25, 0.3) is 0 Å². The molecule has 0 fully saturated rings. The van der Waals surface area contributed by atoms with E-state index in [1.807, 2.05) is 6.92 Å². The molecule has 2 rings (SSSR count). The highest BCUT2D eigenvalue weighted by Crippen LogP contribution is 2.49. The first kappa shape index (κ1) is 20.7.